The first-order valence-corrected chi connectivity index (χ1v) is 4.23. The summed E-state index contributed by atoms with van der Waals surface area (Å²) in [5, 5.41) is 0. The molecular formula is C9H11ClN2. The summed E-state index contributed by atoms with van der Waals surface area (Å²) < 4.78 is 0. The Kier molecular flexibility index (Phi) is 3.11. The molecule has 0 amide bonds. The number of nitrogen functional groups attached to an aromatic ring is 1. The zero-order chi connectivity index (χ0) is 8.97. The van der Waals surface area contributed by atoms with Gasteiger partial charge in [0, 0.05) is 11.6 Å². The van der Waals surface area contributed by atoms with E-state index in [0.717, 1.165) is 11.4 Å². The number of anilines is 1. The fourth-order valence-electron chi connectivity index (χ4n) is 0.877. The molecular weight excluding hydrogens is 172 g/mol. The van der Waals surface area contributed by atoms with Crippen LogP contribution in [0.15, 0.2) is 18.2 Å². The third-order valence-electron chi connectivity index (χ3n) is 1.46. The Morgan fingerprint density at radius 2 is 2.33 bits per heavy atom. The highest BCUT2D eigenvalue weighted by Gasteiger charge is 1.95. The van der Waals surface area contributed by atoms with Crippen LogP contribution in [0.3, 0.4) is 0 Å². The number of rotatable bonds is 2. The molecule has 1 rings (SSSR count). The molecule has 0 unspecified atom stereocenters. The normalized spacial score (nSPS) is 10.8. The lowest BCUT2D eigenvalue weighted by molar-refractivity contribution is 1.18. The number of nitrogens with two attached hydrogens (primary N) is 1. The summed E-state index contributed by atoms with van der Waals surface area (Å²) in [4.78, 5) is 4.24. The van der Waals surface area contributed by atoms with Crippen LogP contribution < -0.4 is 5.73 Å². The van der Waals surface area contributed by atoms with Crippen LogP contribution in [0.5, 0.6) is 0 Å². The second kappa shape index (κ2) is 4.12. The van der Waals surface area contributed by atoms with Crippen molar-refractivity contribution in [2.45, 2.75) is 6.92 Å². The standard InChI is InChI=1S/C9H11ClN2/c1-7-4-5-8(11)9(12-7)3-2-6-10/h2-5H,6,11H2,1H3. The third kappa shape index (κ3) is 2.24. The van der Waals surface area contributed by atoms with Gasteiger partial charge in [-0.2, -0.15) is 0 Å². The Morgan fingerprint density at radius 3 is 3.00 bits per heavy atom. The van der Waals surface area contributed by atoms with Gasteiger partial charge in [0.15, 0.2) is 0 Å². The zero-order valence-electron chi connectivity index (χ0n) is 6.92. The Balaban J connectivity index is 2.97. The number of allylic oxidation sites excluding steroid dienone is 1. The topological polar surface area (TPSA) is 38.9 Å². The third-order valence-corrected chi connectivity index (χ3v) is 1.64. The van der Waals surface area contributed by atoms with E-state index in [1.165, 1.54) is 0 Å². The molecule has 0 spiro atoms. The Hall–Kier alpha value is -1.02. The van der Waals surface area contributed by atoms with Gasteiger partial charge in [0.25, 0.3) is 0 Å². The molecule has 0 saturated heterocycles. The van der Waals surface area contributed by atoms with Gasteiger partial charge in [-0.15, -0.1) is 11.6 Å². The molecule has 2 N–H and O–H groups in total. The van der Waals surface area contributed by atoms with E-state index in [0.29, 0.717) is 11.6 Å². The van der Waals surface area contributed by atoms with E-state index in [4.69, 9.17) is 17.3 Å². The highest BCUT2D eigenvalue weighted by atomic mass is 35.5. The quantitative estimate of drug-likeness (QED) is 0.713. The molecule has 0 atom stereocenters. The maximum absolute atomic E-state index is 5.67. The lowest BCUT2D eigenvalue weighted by atomic mass is 10.2. The molecule has 12 heavy (non-hydrogen) atoms. The molecule has 0 bridgehead atoms. The number of alkyl halides is 1. The van der Waals surface area contributed by atoms with Crippen molar-refractivity contribution in [3.8, 4) is 0 Å². The highest BCUT2D eigenvalue weighted by molar-refractivity contribution is 6.19. The Morgan fingerprint density at radius 1 is 1.58 bits per heavy atom. The van der Waals surface area contributed by atoms with Gasteiger partial charge < -0.3 is 5.73 Å². The molecule has 0 aromatic carbocycles. The molecule has 1 heterocycles. The maximum atomic E-state index is 5.67. The molecule has 1 aromatic rings. The first-order valence-electron chi connectivity index (χ1n) is 3.69. The smallest absolute Gasteiger partial charge is 0.0859 e. The van der Waals surface area contributed by atoms with Gasteiger partial charge in [-0.25, -0.2) is 0 Å². The van der Waals surface area contributed by atoms with Crippen molar-refractivity contribution in [2.75, 3.05) is 11.6 Å². The van der Waals surface area contributed by atoms with E-state index in [-0.39, 0.29) is 0 Å². The lowest BCUT2D eigenvalue weighted by Gasteiger charge is -1.99. The lowest BCUT2D eigenvalue weighted by Crippen LogP contribution is -1.93. The monoisotopic (exact) mass is 182 g/mol. The zero-order valence-corrected chi connectivity index (χ0v) is 7.67. The number of hydrogen-bond donors (Lipinski definition) is 1. The van der Waals surface area contributed by atoms with E-state index in [2.05, 4.69) is 4.98 Å². The van der Waals surface area contributed by atoms with Crippen LogP contribution in [0.2, 0.25) is 0 Å². The van der Waals surface area contributed by atoms with E-state index in [1.807, 2.05) is 31.2 Å². The van der Waals surface area contributed by atoms with Gasteiger partial charge in [0.1, 0.15) is 0 Å². The fraction of sp³-hybridized carbons (Fsp3) is 0.222. The summed E-state index contributed by atoms with van der Waals surface area (Å²) in [5.74, 6) is 0.481. The minimum absolute atomic E-state index is 0.481. The first kappa shape index (κ1) is 9.07. The molecule has 0 aliphatic rings. The van der Waals surface area contributed by atoms with Crippen LogP contribution in [0.25, 0.3) is 6.08 Å². The van der Waals surface area contributed by atoms with Crippen molar-refractivity contribution in [1.82, 2.24) is 4.98 Å². The second-order valence-electron chi connectivity index (χ2n) is 2.48. The van der Waals surface area contributed by atoms with Gasteiger partial charge in [-0.3, -0.25) is 4.98 Å². The Bertz CT molecular complexity index is 295. The van der Waals surface area contributed by atoms with E-state index >= 15 is 0 Å². The SMILES string of the molecule is Cc1ccc(N)c(C=CCCl)n1. The number of pyridine rings is 1. The van der Waals surface area contributed by atoms with Gasteiger partial charge in [0.05, 0.1) is 11.4 Å². The van der Waals surface area contributed by atoms with Crippen LogP contribution in [-0.2, 0) is 0 Å². The maximum Gasteiger partial charge on any atom is 0.0859 e. The summed E-state index contributed by atoms with van der Waals surface area (Å²) in [6.07, 6.45) is 3.65. The number of hydrogen-bond acceptors (Lipinski definition) is 2. The van der Waals surface area contributed by atoms with Crippen molar-refractivity contribution < 1.29 is 0 Å². The fourth-order valence-corrected chi connectivity index (χ4v) is 0.966. The first-order chi connectivity index (χ1) is 5.74. The molecule has 0 aliphatic heterocycles. The minimum Gasteiger partial charge on any atom is -0.397 e. The molecule has 1 aromatic heterocycles. The predicted molar refractivity (Wildman–Crippen MR) is 53.1 cm³/mol. The van der Waals surface area contributed by atoms with Crippen molar-refractivity contribution in [3.63, 3.8) is 0 Å². The second-order valence-corrected chi connectivity index (χ2v) is 2.79. The van der Waals surface area contributed by atoms with E-state index in [9.17, 15) is 0 Å². The summed E-state index contributed by atoms with van der Waals surface area (Å²) in [6, 6.07) is 3.73. The molecule has 0 saturated carbocycles. The summed E-state index contributed by atoms with van der Waals surface area (Å²) in [7, 11) is 0. The predicted octanol–water partition coefficient (Wildman–Crippen LogP) is 2.22. The van der Waals surface area contributed by atoms with Crippen molar-refractivity contribution in [2.24, 2.45) is 0 Å². The van der Waals surface area contributed by atoms with Crippen LogP contribution in [-0.4, -0.2) is 10.9 Å². The number of halogens is 1. The summed E-state index contributed by atoms with van der Waals surface area (Å²) >= 11 is 5.49. The van der Waals surface area contributed by atoms with Crippen LogP contribution in [0, 0.1) is 6.92 Å². The highest BCUT2D eigenvalue weighted by Crippen LogP contribution is 2.10. The van der Waals surface area contributed by atoms with Crippen LogP contribution in [0.4, 0.5) is 5.69 Å². The van der Waals surface area contributed by atoms with E-state index in [1.54, 1.807) is 0 Å². The van der Waals surface area contributed by atoms with Crippen molar-refractivity contribution in [3.05, 3.63) is 29.6 Å². The van der Waals surface area contributed by atoms with Crippen molar-refractivity contribution >= 4 is 23.4 Å². The molecule has 64 valence electrons. The molecule has 2 nitrogen and oxygen atoms in total. The molecule has 0 radical (unpaired) electrons. The summed E-state index contributed by atoms with van der Waals surface area (Å²) in [5.41, 5.74) is 8.10. The summed E-state index contributed by atoms with van der Waals surface area (Å²) in [6.45, 7) is 1.93. The number of aromatic nitrogens is 1. The van der Waals surface area contributed by atoms with Gasteiger partial charge >= 0.3 is 0 Å². The van der Waals surface area contributed by atoms with E-state index < -0.39 is 0 Å². The van der Waals surface area contributed by atoms with Crippen LogP contribution >= 0.6 is 11.6 Å². The minimum atomic E-state index is 0.481. The van der Waals surface area contributed by atoms with Gasteiger partial charge in [-0.1, -0.05) is 6.08 Å². The molecule has 3 heteroatoms. The number of aryl methyl sites for hydroxylation is 1. The van der Waals surface area contributed by atoms with Crippen LogP contribution in [0.1, 0.15) is 11.4 Å². The number of nitrogens with zero attached hydrogens (tertiary/aromatic N) is 1. The van der Waals surface area contributed by atoms with Gasteiger partial charge in [-0.05, 0) is 25.1 Å². The average molecular weight is 183 g/mol. The Labute approximate surface area is 77.1 Å². The van der Waals surface area contributed by atoms with Gasteiger partial charge in [0.2, 0.25) is 0 Å². The molecule has 0 aliphatic carbocycles. The average Bonchev–Trinajstić information content (AvgIpc) is 2.07. The van der Waals surface area contributed by atoms with Crippen molar-refractivity contribution in [1.29, 1.82) is 0 Å². The molecule has 0 fully saturated rings. The largest absolute Gasteiger partial charge is 0.397 e.